The number of benzene rings is 2. The van der Waals surface area contributed by atoms with Crippen molar-refractivity contribution in [2.45, 2.75) is 24.5 Å². The zero-order valence-electron chi connectivity index (χ0n) is 25.6. The predicted octanol–water partition coefficient (Wildman–Crippen LogP) is 4.15. The van der Waals surface area contributed by atoms with Crippen molar-refractivity contribution >= 4 is 52.1 Å². The Morgan fingerprint density at radius 3 is 2.62 bits per heavy atom. The number of nitrogens with one attached hydrogen (secondary N) is 4. The number of likely N-dealkylation sites (N-methyl/N-ethyl adjacent to an activating group) is 2. The fourth-order valence-electron chi connectivity index (χ4n) is 4.68. The highest BCUT2D eigenvalue weighted by atomic mass is 35.5. The Hall–Kier alpha value is -4.93. The fourth-order valence-corrected chi connectivity index (χ4v) is 4.74. The number of allylic oxidation sites excluding steroid dienone is 1. The topological polar surface area (TPSA) is 148 Å². The van der Waals surface area contributed by atoms with Gasteiger partial charge in [0.05, 0.1) is 41.6 Å². The number of carbonyl (C=O) groups is 2. The average molecular weight is 636 g/mol. The molecule has 1 aromatic heterocycles. The van der Waals surface area contributed by atoms with Gasteiger partial charge in [-0.1, -0.05) is 35.9 Å². The van der Waals surface area contributed by atoms with Gasteiger partial charge in [-0.2, -0.15) is 5.26 Å². The molecule has 4 N–H and O–H groups in total. The lowest BCUT2D eigenvalue weighted by Gasteiger charge is -2.26. The number of methoxy groups -OCH3 is 1. The van der Waals surface area contributed by atoms with E-state index in [0.717, 1.165) is 17.8 Å². The normalized spacial score (nSPS) is 14.8. The molecular formula is C31H35ClFN9O3. The number of aromatic nitrogens is 2. The van der Waals surface area contributed by atoms with Crippen molar-refractivity contribution in [2.75, 3.05) is 62.2 Å². The second kappa shape index (κ2) is 14.7. The number of halogens is 2. The lowest BCUT2D eigenvalue weighted by molar-refractivity contribution is -0.127. The number of rotatable bonds is 12. The molecule has 1 aliphatic rings. The van der Waals surface area contributed by atoms with Gasteiger partial charge in [0.15, 0.2) is 0 Å². The number of carbonyl (C=O) groups excluding carboxylic acids is 2. The summed E-state index contributed by atoms with van der Waals surface area (Å²) in [6.45, 7) is 2.76. The van der Waals surface area contributed by atoms with E-state index >= 15 is 0 Å². The van der Waals surface area contributed by atoms with Crippen LogP contribution in [0.4, 0.5) is 33.1 Å². The van der Waals surface area contributed by atoms with Crippen LogP contribution < -0.4 is 30.9 Å². The van der Waals surface area contributed by atoms with E-state index in [0.29, 0.717) is 40.6 Å². The average Bonchev–Trinajstić information content (AvgIpc) is 3.03. The van der Waals surface area contributed by atoms with Crippen molar-refractivity contribution in [3.63, 3.8) is 0 Å². The molecule has 0 radical (unpaired) electrons. The number of amides is 2. The lowest BCUT2D eigenvalue weighted by atomic mass is 9.90. The number of hydrogen-bond donors (Lipinski definition) is 4. The van der Waals surface area contributed by atoms with Crippen LogP contribution in [0.25, 0.3) is 0 Å². The molecule has 2 unspecified atom stereocenters. The Bertz CT molecular complexity index is 1630. The first-order valence-electron chi connectivity index (χ1n) is 14.1. The second-order valence-electron chi connectivity index (χ2n) is 10.6. The van der Waals surface area contributed by atoms with E-state index in [1.54, 1.807) is 12.1 Å². The van der Waals surface area contributed by atoms with Crippen LogP contribution >= 0.6 is 11.6 Å². The molecule has 0 fully saturated rings. The molecule has 45 heavy (non-hydrogen) atoms. The maximum atomic E-state index is 13.2. The SMILES string of the molecule is COc1cc(N(C)CCN(C)C)c(NC(=O)[C@H](C)NC(=O)C(F)Cl)cc1Nc1ncc(C#N)c(C2C=CNc3ccccc32)n1. The van der Waals surface area contributed by atoms with E-state index in [-0.39, 0.29) is 11.9 Å². The van der Waals surface area contributed by atoms with Crippen molar-refractivity contribution in [3.8, 4) is 11.8 Å². The van der Waals surface area contributed by atoms with E-state index in [4.69, 9.17) is 21.3 Å². The van der Waals surface area contributed by atoms with Crippen LogP contribution in [0.1, 0.15) is 29.7 Å². The van der Waals surface area contributed by atoms with Gasteiger partial charge >= 0.3 is 0 Å². The quantitative estimate of drug-likeness (QED) is 0.214. The smallest absolute Gasteiger partial charge is 0.270 e. The first-order valence-corrected chi connectivity index (χ1v) is 14.5. The van der Waals surface area contributed by atoms with Crippen LogP contribution in [0.15, 0.2) is 54.9 Å². The third-order valence-corrected chi connectivity index (χ3v) is 7.32. The Morgan fingerprint density at radius 1 is 1.18 bits per heavy atom. The minimum Gasteiger partial charge on any atom is -0.494 e. The predicted molar refractivity (Wildman–Crippen MR) is 173 cm³/mol. The van der Waals surface area contributed by atoms with Crippen LogP contribution in [0.2, 0.25) is 0 Å². The number of ether oxygens (including phenoxy) is 1. The standard InChI is InChI=1S/C31H35ClFN9O3/c1-18(37-30(44)28(32)33)29(43)38-23-14-24(26(45-5)15-25(23)42(4)13-12-41(2)3)39-31-36-17-19(16-34)27(40-31)21-10-11-35-22-9-7-6-8-20(21)22/h6-11,14-15,17-18,21,28,35H,12-13H2,1-5H3,(H,37,44)(H,38,43)(H,36,39,40)/t18-,21?,28?/m0/s1. The second-order valence-corrected chi connectivity index (χ2v) is 11.0. The maximum Gasteiger partial charge on any atom is 0.270 e. The molecule has 0 spiro atoms. The third kappa shape index (κ3) is 7.97. The number of alkyl halides is 2. The summed E-state index contributed by atoms with van der Waals surface area (Å²) in [5.41, 5.74) is 1.88. The molecule has 236 valence electrons. The van der Waals surface area contributed by atoms with E-state index in [9.17, 15) is 19.2 Å². The van der Waals surface area contributed by atoms with Crippen LogP contribution in [0, 0.1) is 11.3 Å². The molecule has 2 aromatic carbocycles. The summed E-state index contributed by atoms with van der Waals surface area (Å²) in [5.74, 6) is -1.36. The van der Waals surface area contributed by atoms with Crippen molar-refractivity contribution in [3.05, 3.63) is 71.7 Å². The molecule has 3 aromatic rings. The van der Waals surface area contributed by atoms with Crippen molar-refractivity contribution in [2.24, 2.45) is 0 Å². The van der Waals surface area contributed by atoms with Gasteiger partial charge in [0.2, 0.25) is 11.9 Å². The number of para-hydroxylation sites is 1. The third-order valence-electron chi connectivity index (χ3n) is 7.12. The summed E-state index contributed by atoms with van der Waals surface area (Å²) in [7, 11) is 7.29. The van der Waals surface area contributed by atoms with Gasteiger partial charge in [-0.25, -0.2) is 14.4 Å². The van der Waals surface area contributed by atoms with Crippen LogP contribution in [-0.4, -0.2) is 79.7 Å². The van der Waals surface area contributed by atoms with E-state index in [1.807, 2.05) is 67.5 Å². The molecule has 2 heterocycles. The maximum absolute atomic E-state index is 13.2. The Balaban J connectivity index is 1.71. The van der Waals surface area contributed by atoms with E-state index < -0.39 is 23.5 Å². The molecule has 0 saturated heterocycles. The lowest BCUT2D eigenvalue weighted by Crippen LogP contribution is -2.44. The van der Waals surface area contributed by atoms with Gasteiger partial charge in [0.1, 0.15) is 17.9 Å². The molecule has 4 rings (SSSR count). The zero-order chi connectivity index (χ0) is 32.7. The number of hydrogen-bond acceptors (Lipinski definition) is 10. The highest BCUT2D eigenvalue weighted by molar-refractivity contribution is 6.29. The largest absolute Gasteiger partial charge is 0.494 e. The summed E-state index contributed by atoms with van der Waals surface area (Å²) in [6.07, 6.45) is 5.20. The fraction of sp³-hybridized carbons (Fsp3) is 0.323. The van der Waals surface area contributed by atoms with Gasteiger partial charge in [-0.05, 0) is 44.9 Å². The summed E-state index contributed by atoms with van der Waals surface area (Å²) in [5, 5.41) is 21.3. The van der Waals surface area contributed by atoms with Gasteiger partial charge < -0.3 is 35.8 Å². The van der Waals surface area contributed by atoms with Gasteiger partial charge in [0.25, 0.3) is 11.5 Å². The van der Waals surface area contributed by atoms with E-state index in [1.165, 1.54) is 20.2 Å². The Morgan fingerprint density at radius 2 is 1.93 bits per heavy atom. The molecule has 0 saturated carbocycles. The van der Waals surface area contributed by atoms with Gasteiger partial charge in [0, 0.05) is 37.8 Å². The summed E-state index contributed by atoms with van der Waals surface area (Å²) in [4.78, 5) is 37.9. The zero-order valence-corrected chi connectivity index (χ0v) is 26.3. The number of anilines is 5. The summed E-state index contributed by atoms with van der Waals surface area (Å²) >= 11 is 5.22. The van der Waals surface area contributed by atoms with Crippen molar-refractivity contribution in [1.82, 2.24) is 20.2 Å². The molecule has 14 heteroatoms. The summed E-state index contributed by atoms with van der Waals surface area (Å²) in [6, 6.07) is 12.3. The van der Waals surface area contributed by atoms with Gasteiger partial charge in [-0.15, -0.1) is 0 Å². The Labute approximate surface area is 266 Å². The minimum absolute atomic E-state index is 0.203. The highest BCUT2D eigenvalue weighted by Gasteiger charge is 2.25. The highest BCUT2D eigenvalue weighted by Crippen LogP contribution is 2.39. The summed E-state index contributed by atoms with van der Waals surface area (Å²) < 4.78 is 18.9. The van der Waals surface area contributed by atoms with Crippen molar-refractivity contribution in [1.29, 1.82) is 5.26 Å². The number of nitriles is 1. The van der Waals surface area contributed by atoms with Crippen LogP contribution in [-0.2, 0) is 9.59 Å². The van der Waals surface area contributed by atoms with Gasteiger partial charge in [-0.3, -0.25) is 9.59 Å². The van der Waals surface area contributed by atoms with Crippen LogP contribution in [0.3, 0.4) is 0 Å². The number of nitrogens with zero attached hydrogens (tertiary/aromatic N) is 5. The van der Waals surface area contributed by atoms with Crippen LogP contribution in [0.5, 0.6) is 5.75 Å². The first-order chi connectivity index (χ1) is 21.5. The molecule has 3 atom stereocenters. The number of fused-ring (bicyclic) bond motifs is 1. The molecule has 2 amide bonds. The molecule has 0 bridgehead atoms. The monoisotopic (exact) mass is 635 g/mol. The minimum atomic E-state index is -2.28. The molecule has 1 aliphatic heterocycles. The molecule has 12 nitrogen and oxygen atoms in total. The Kier molecular flexibility index (Phi) is 10.8. The molecule has 0 aliphatic carbocycles. The molecular weight excluding hydrogens is 601 g/mol. The first kappa shape index (κ1) is 33.0. The van der Waals surface area contributed by atoms with E-state index in [2.05, 4.69) is 32.3 Å². The van der Waals surface area contributed by atoms with Crippen molar-refractivity contribution < 1.29 is 18.7 Å².